The lowest BCUT2D eigenvalue weighted by Gasteiger charge is -2.11. The molecule has 1 aromatic carbocycles. The van der Waals surface area contributed by atoms with Gasteiger partial charge in [-0.15, -0.1) is 0 Å². The maximum absolute atomic E-state index is 11.5. The van der Waals surface area contributed by atoms with Gasteiger partial charge in [-0.1, -0.05) is 0 Å². The van der Waals surface area contributed by atoms with Crippen LogP contribution >= 0.6 is 0 Å². The first-order chi connectivity index (χ1) is 12.5. The van der Waals surface area contributed by atoms with Crippen LogP contribution in [0, 0.1) is 0 Å². The number of hydrazone groups is 1. The van der Waals surface area contributed by atoms with Crippen molar-refractivity contribution >= 4 is 24.0 Å². The van der Waals surface area contributed by atoms with Crippen molar-refractivity contribution in [2.45, 2.75) is 6.92 Å². The first kappa shape index (κ1) is 20.9. The number of aliphatic carboxylic acids is 1. The number of methoxy groups -OCH3 is 1. The minimum Gasteiger partial charge on any atom is -0.490 e. The van der Waals surface area contributed by atoms with Crippen LogP contribution in [0.25, 0.3) is 0 Å². The molecule has 10 nitrogen and oxygen atoms in total. The molecule has 2 amide bonds. The zero-order valence-electron chi connectivity index (χ0n) is 14.5. The van der Waals surface area contributed by atoms with Gasteiger partial charge in [0.15, 0.2) is 18.1 Å². The molecule has 0 aliphatic heterocycles. The van der Waals surface area contributed by atoms with E-state index in [-0.39, 0.29) is 12.3 Å². The Labute approximate surface area is 150 Å². The van der Waals surface area contributed by atoms with Crippen LogP contribution in [0.15, 0.2) is 23.3 Å². The Bertz CT molecular complexity index is 661. The highest BCUT2D eigenvalue weighted by Crippen LogP contribution is 2.28. The summed E-state index contributed by atoms with van der Waals surface area (Å²) in [4.78, 5) is 33.5. The van der Waals surface area contributed by atoms with Gasteiger partial charge in [-0.2, -0.15) is 5.10 Å². The standard InChI is InChI=1S/C16H21N3O7/c1-3-25-13-8-11(4-5-12(13)26-10-14(20)21)9-18-19-16(23)15(22)17-6-7-24-2/h4-5,8-9H,3,6-7,10H2,1-2H3,(H,17,22)(H,19,23)(H,20,21)/b18-9-. The molecule has 0 radical (unpaired) electrons. The Morgan fingerprint density at radius 1 is 1.19 bits per heavy atom. The van der Waals surface area contributed by atoms with E-state index in [0.717, 1.165) is 0 Å². The summed E-state index contributed by atoms with van der Waals surface area (Å²) in [5, 5.41) is 14.7. The van der Waals surface area contributed by atoms with Crippen LogP contribution in [0.5, 0.6) is 11.5 Å². The SMILES string of the molecule is CCOc1cc(/C=N\NC(=O)C(=O)NCCOC)ccc1OCC(=O)O. The number of benzene rings is 1. The first-order valence-corrected chi connectivity index (χ1v) is 7.69. The number of carbonyl (C=O) groups is 3. The fourth-order valence-corrected chi connectivity index (χ4v) is 1.70. The molecule has 0 bridgehead atoms. The summed E-state index contributed by atoms with van der Waals surface area (Å²) < 4.78 is 15.3. The van der Waals surface area contributed by atoms with E-state index in [0.29, 0.717) is 24.5 Å². The van der Waals surface area contributed by atoms with E-state index in [1.165, 1.54) is 19.4 Å². The average Bonchev–Trinajstić information content (AvgIpc) is 2.61. The summed E-state index contributed by atoms with van der Waals surface area (Å²) in [6, 6.07) is 4.68. The second kappa shape index (κ2) is 11.4. The van der Waals surface area contributed by atoms with Crippen LogP contribution in [0.4, 0.5) is 0 Å². The molecule has 0 unspecified atom stereocenters. The van der Waals surface area contributed by atoms with Gasteiger partial charge in [0.25, 0.3) is 0 Å². The van der Waals surface area contributed by atoms with E-state index in [1.807, 2.05) is 0 Å². The predicted molar refractivity (Wildman–Crippen MR) is 91.4 cm³/mol. The minimum atomic E-state index is -1.11. The summed E-state index contributed by atoms with van der Waals surface area (Å²) in [7, 11) is 1.48. The van der Waals surface area contributed by atoms with Gasteiger partial charge in [0, 0.05) is 13.7 Å². The summed E-state index contributed by atoms with van der Waals surface area (Å²) in [6.45, 7) is 2.12. The van der Waals surface area contributed by atoms with Gasteiger partial charge in [0.1, 0.15) is 0 Å². The predicted octanol–water partition coefficient (Wildman–Crippen LogP) is -0.239. The highest BCUT2D eigenvalue weighted by atomic mass is 16.5. The Hall–Kier alpha value is -3.14. The first-order valence-electron chi connectivity index (χ1n) is 7.69. The summed E-state index contributed by atoms with van der Waals surface area (Å²) >= 11 is 0. The number of carboxylic acids is 1. The number of amides is 2. The van der Waals surface area contributed by atoms with Crippen molar-refractivity contribution in [1.29, 1.82) is 0 Å². The lowest BCUT2D eigenvalue weighted by Crippen LogP contribution is -2.39. The molecular weight excluding hydrogens is 346 g/mol. The Balaban J connectivity index is 2.66. The van der Waals surface area contributed by atoms with Gasteiger partial charge in [-0.25, -0.2) is 10.2 Å². The van der Waals surface area contributed by atoms with Crippen LogP contribution in [0.3, 0.4) is 0 Å². The molecule has 0 fully saturated rings. The van der Waals surface area contributed by atoms with Gasteiger partial charge in [0.2, 0.25) is 0 Å². The molecule has 142 valence electrons. The van der Waals surface area contributed by atoms with Gasteiger partial charge in [-0.3, -0.25) is 9.59 Å². The molecule has 26 heavy (non-hydrogen) atoms. The maximum Gasteiger partial charge on any atom is 0.341 e. The molecule has 1 rings (SSSR count). The quantitative estimate of drug-likeness (QED) is 0.225. The molecule has 0 heterocycles. The number of ether oxygens (including phenoxy) is 3. The van der Waals surface area contributed by atoms with E-state index >= 15 is 0 Å². The van der Waals surface area contributed by atoms with E-state index < -0.39 is 24.4 Å². The molecule has 0 saturated carbocycles. The molecule has 0 saturated heterocycles. The van der Waals surface area contributed by atoms with Gasteiger partial charge < -0.3 is 24.6 Å². The van der Waals surface area contributed by atoms with E-state index in [2.05, 4.69) is 15.8 Å². The van der Waals surface area contributed by atoms with Gasteiger partial charge >= 0.3 is 17.8 Å². The molecular formula is C16H21N3O7. The molecule has 0 aliphatic carbocycles. The third kappa shape index (κ3) is 7.62. The minimum absolute atomic E-state index is 0.210. The number of rotatable bonds is 10. The van der Waals surface area contributed by atoms with Crippen LogP contribution < -0.4 is 20.2 Å². The monoisotopic (exact) mass is 367 g/mol. The summed E-state index contributed by atoms with van der Waals surface area (Å²) in [5.41, 5.74) is 2.64. The van der Waals surface area contributed by atoms with Crippen molar-refractivity contribution in [2.24, 2.45) is 5.10 Å². The number of hydrogen-bond donors (Lipinski definition) is 3. The molecule has 3 N–H and O–H groups in total. The molecule has 0 atom stereocenters. The molecule has 1 aromatic rings. The second-order valence-corrected chi connectivity index (χ2v) is 4.77. The zero-order valence-corrected chi connectivity index (χ0v) is 14.5. The Morgan fingerprint density at radius 3 is 2.62 bits per heavy atom. The van der Waals surface area contributed by atoms with Crippen LogP contribution in [-0.2, 0) is 19.1 Å². The molecule has 10 heteroatoms. The highest BCUT2D eigenvalue weighted by molar-refractivity contribution is 6.35. The molecule has 0 spiro atoms. The largest absolute Gasteiger partial charge is 0.490 e. The second-order valence-electron chi connectivity index (χ2n) is 4.77. The maximum atomic E-state index is 11.5. The molecule has 0 aromatic heterocycles. The van der Waals surface area contributed by atoms with Crippen molar-refractivity contribution in [3.63, 3.8) is 0 Å². The molecule has 0 aliphatic rings. The van der Waals surface area contributed by atoms with Crippen molar-refractivity contribution in [3.05, 3.63) is 23.8 Å². The smallest absolute Gasteiger partial charge is 0.341 e. The number of hydrogen-bond acceptors (Lipinski definition) is 7. The lowest BCUT2D eigenvalue weighted by atomic mass is 10.2. The zero-order chi connectivity index (χ0) is 19.4. The average molecular weight is 367 g/mol. The third-order valence-electron chi connectivity index (χ3n) is 2.80. The fourth-order valence-electron chi connectivity index (χ4n) is 1.70. The number of nitrogens with zero attached hydrogens (tertiary/aromatic N) is 1. The van der Waals surface area contributed by atoms with E-state index in [1.54, 1.807) is 19.1 Å². The van der Waals surface area contributed by atoms with E-state index in [4.69, 9.17) is 19.3 Å². The van der Waals surface area contributed by atoms with Crippen molar-refractivity contribution in [2.75, 3.05) is 33.5 Å². The van der Waals surface area contributed by atoms with E-state index in [9.17, 15) is 14.4 Å². The normalized spacial score (nSPS) is 10.4. The third-order valence-corrected chi connectivity index (χ3v) is 2.80. The lowest BCUT2D eigenvalue weighted by molar-refractivity contribution is -0.139. The van der Waals surface area contributed by atoms with Crippen molar-refractivity contribution in [1.82, 2.24) is 10.7 Å². The summed E-state index contributed by atoms with van der Waals surface area (Å²) in [5.74, 6) is -2.24. The highest BCUT2D eigenvalue weighted by Gasteiger charge is 2.11. The van der Waals surface area contributed by atoms with Gasteiger partial charge in [0.05, 0.1) is 19.4 Å². The fraction of sp³-hybridized carbons (Fsp3) is 0.375. The van der Waals surface area contributed by atoms with Crippen LogP contribution in [-0.4, -0.2) is 62.6 Å². The van der Waals surface area contributed by atoms with Crippen molar-refractivity contribution < 1.29 is 33.7 Å². The van der Waals surface area contributed by atoms with Crippen LogP contribution in [0.1, 0.15) is 12.5 Å². The summed E-state index contributed by atoms with van der Waals surface area (Å²) in [6.07, 6.45) is 1.31. The Kier molecular flexibility index (Phi) is 9.18. The van der Waals surface area contributed by atoms with Crippen molar-refractivity contribution in [3.8, 4) is 11.5 Å². The van der Waals surface area contributed by atoms with Crippen LogP contribution in [0.2, 0.25) is 0 Å². The Morgan fingerprint density at radius 2 is 1.96 bits per heavy atom. The number of carbonyl (C=O) groups excluding carboxylic acids is 2. The van der Waals surface area contributed by atoms with Gasteiger partial charge in [-0.05, 0) is 30.7 Å². The number of nitrogens with one attached hydrogen (secondary N) is 2. The number of carboxylic acid groups (broad SMARTS) is 1. The topological polar surface area (TPSA) is 136 Å².